The summed E-state index contributed by atoms with van der Waals surface area (Å²) in [5.41, 5.74) is 0.456. The van der Waals surface area contributed by atoms with Gasteiger partial charge in [-0.25, -0.2) is 0 Å². The average molecular weight is 344 g/mol. The van der Waals surface area contributed by atoms with Crippen molar-refractivity contribution in [3.05, 3.63) is 32.8 Å². The number of halogens is 1. The maximum atomic E-state index is 11.0. The minimum Gasteiger partial charge on any atom is -0.383 e. The van der Waals surface area contributed by atoms with Gasteiger partial charge in [-0.3, -0.25) is 10.1 Å². The van der Waals surface area contributed by atoms with Crippen molar-refractivity contribution in [1.82, 2.24) is 5.32 Å². The average Bonchev–Trinajstić information content (AvgIpc) is 2.86. The number of rotatable bonds is 6. The molecule has 6 nitrogen and oxygen atoms in total. The largest absolute Gasteiger partial charge is 0.383 e. The molecular formula is C13H18BrN3O3. The smallest absolute Gasteiger partial charge is 0.292 e. The second kappa shape index (κ2) is 6.51. The quantitative estimate of drug-likeness (QED) is 0.613. The van der Waals surface area contributed by atoms with E-state index in [-0.39, 0.29) is 16.1 Å². The summed E-state index contributed by atoms with van der Waals surface area (Å²) < 4.78 is 6.08. The summed E-state index contributed by atoms with van der Waals surface area (Å²) >= 11 is 3.34. The lowest BCUT2D eigenvalue weighted by Gasteiger charge is -2.29. The summed E-state index contributed by atoms with van der Waals surface area (Å²) in [6, 6.07) is 4.90. The van der Waals surface area contributed by atoms with Gasteiger partial charge in [-0.15, -0.1) is 0 Å². The van der Waals surface area contributed by atoms with Crippen molar-refractivity contribution < 1.29 is 9.66 Å². The van der Waals surface area contributed by atoms with Crippen LogP contribution in [0.4, 0.5) is 11.4 Å². The molecule has 0 spiro atoms. The molecule has 1 saturated heterocycles. The predicted molar refractivity (Wildman–Crippen MR) is 81.1 cm³/mol. The van der Waals surface area contributed by atoms with E-state index in [9.17, 15) is 10.1 Å². The number of ether oxygens (including phenoxy) is 1. The zero-order valence-corrected chi connectivity index (χ0v) is 12.9. The summed E-state index contributed by atoms with van der Waals surface area (Å²) in [6.07, 6.45) is 2.08. The van der Waals surface area contributed by atoms with Crippen LogP contribution < -0.4 is 10.6 Å². The molecule has 2 rings (SSSR count). The van der Waals surface area contributed by atoms with E-state index in [0.29, 0.717) is 18.8 Å². The maximum absolute atomic E-state index is 11.0. The monoisotopic (exact) mass is 343 g/mol. The molecule has 110 valence electrons. The summed E-state index contributed by atoms with van der Waals surface area (Å²) in [5, 5.41) is 17.7. The SMILES string of the molecule is COCC1(CNc2cc(Br)ccc2[N+](=O)[O-])CCCN1. The molecular weight excluding hydrogens is 326 g/mol. The van der Waals surface area contributed by atoms with Crippen molar-refractivity contribution in [3.8, 4) is 0 Å². The summed E-state index contributed by atoms with van der Waals surface area (Å²) in [5.74, 6) is 0. The number of nitro groups is 1. The van der Waals surface area contributed by atoms with Gasteiger partial charge in [-0.2, -0.15) is 0 Å². The first-order chi connectivity index (χ1) is 9.56. The van der Waals surface area contributed by atoms with Crippen LogP contribution >= 0.6 is 15.9 Å². The van der Waals surface area contributed by atoms with Crippen LogP contribution in [0.25, 0.3) is 0 Å². The standard InChI is InChI=1S/C13H18BrN3O3/c1-20-9-13(5-2-6-16-13)8-15-11-7-10(14)3-4-12(11)17(18)19/h3-4,7,15-16H,2,5-6,8-9H2,1H3. The highest BCUT2D eigenvalue weighted by atomic mass is 79.9. The van der Waals surface area contributed by atoms with Crippen LogP contribution in [0.3, 0.4) is 0 Å². The number of nitro benzene ring substituents is 1. The molecule has 7 heteroatoms. The lowest BCUT2D eigenvalue weighted by molar-refractivity contribution is -0.384. The number of anilines is 1. The van der Waals surface area contributed by atoms with E-state index in [1.165, 1.54) is 6.07 Å². The molecule has 1 unspecified atom stereocenters. The normalized spacial score (nSPS) is 21.9. The fraction of sp³-hybridized carbons (Fsp3) is 0.538. The Bertz CT molecular complexity index is 490. The lowest BCUT2D eigenvalue weighted by Crippen LogP contribution is -2.49. The van der Waals surface area contributed by atoms with E-state index in [2.05, 4.69) is 26.6 Å². The van der Waals surface area contributed by atoms with Crippen LogP contribution in [-0.2, 0) is 4.74 Å². The van der Waals surface area contributed by atoms with Crippen LogP contribution in [0.5, 0.6) is 0 Å². The second-order valence-electron chi connectivity index (χ2n) is 5.02. The Morgan fingerprint density at radius 2 is 2.40 bits per heavy atom. The van der Waals surface area contributed by atoms with Gasteiger partial charge >= 0.3 is 0 Å². The zero-order valence-electron chi connectivity index (χ0n) is 11.3. The molecule has 20 heavy (non-hydrogen) atoms. The third kappa shape index (κ3) is 3.47. The topological polar surface area (TPSA) is 76.4 Å². The van der Waals surface area contributed by atoms with Crippen molar-refractivity contribution in [2.45, 2.75) is 18.4 Å². The molecule has 1 heterocycles. The maximum Gasteiger partial charge on any atom is 0.292 e. The first kappa shape index (κ1) is 15.2. The van der Waals surface area contributed by atoms with E-state index in [4.69, 9.17) is 4.74 Å². The van der Waals surface area contributed by atoms with Gasteiger partial charge in [0, 0.05) is 24.2 Å². The molecule has 1 aromatic carbocycles. The molecule has 1 atom stereocenters. The number of hydrogen-bond acceptors (Lipinski definition) is 5. The molecule has 0 amide bonds. The molecule has 0 bridgehead atoms. The van der Waals surface area contributed by atoms with E-state index in [0.717, 1.165) is 23.9 Å². The summed E-state index contributed by atoms with van der Waals surface area (Å²) in [7, 11) is 1.67. The van der Waals surface area contributed by atoms with E-state index in [1.807, 2.05) is 0 Å². The van der Waals surface area contributed by atoms with Crippen LogP contribution in [0.15, 0.2) is 22.7 Å². The zero-order chi connectivity index (χ0) is 14.6. The van der Waals surface area contributed by atoms with E-state index < -0.39 is 0 Å². The molecule has 0 saturated carbocycles. The van der Waals surface area contributed by atoms with Crippen LogP contribution in [0.2, 0.25) is 0 Å². The number of benzene rings is 1. The van der Waals surface area contributed by atoms with Crippen LogP contribution in [-0.4, -0.2) is 37.3 Å². The molecule has 0 aliphatic carbocycles. The number of methoxy groups -OCH3 is 1. The molecule has 0 radical (unpaired) electrons. The molecule has 1 aromatic rings. The van der Waals surface area contributed by atoms with Gasteiger partial charge in [0.2, 0.25) is 0 Å². The fourth-order valence-corrected chi connectivity index (χ4v) is 2.90. The highest BCUT2D eigenvalue weighted by Crippen LogP contribution is 2.29. The molecule has 1 fully saturated rings. The van der Waals surface area contributed by atoms with E-state index >= 15 is 0 Å². The van der Waals surface area contributed by atoms with Crippen LogP contribution in [0, 0.1) is 10.1 Å². The number of nitrogens with one attached hydrogen (secondary N) is 2. The third-order valence-corrected chi connectivity index (χ3v) is 4.02. The molecule has 2 N–H and O–H groups in total. The van der Waals surface area contributed by atoms with Crippen LogP contribution in [0.1, 0.15) is 12.8 Å². The van der Waals surface area contributed by atoms with Gasteiger partial charge in [0.25, 0.3) is 5.69 Å². The fourth-order valence-electron chi connectivity index (χ4n) is 2.54. The highest BCUT2D eigenvalue weighted by molar-refractivity contribution is 9.10. The predicted octanol–water partition coefficient (Wildman–Crippen LogP) is 2.54. The number of nitrogens with zero attached hydrogens (tertiary/aromatic N) is 1. The lowest BCUT2D eigenvalue weighted by atomic mass is 9.98. The Morgan fingerprint density at radius 3 is 3.00 bits per heavy atom. The Kier molecular flexibility index (Phi) is 4.95. The van der Waals surface area contributed by atoms with Gasteiger partial charge in [0.05, 0.1) is 17.1 Å². The van der Waals surface area contributed by atoms with Gasteiger partial charge < -0.3 is 15.4 Å². The van der Waals surface area contributed by atoms with Gasteiger partial charge in [0.15, 0.2) is 0 Å². The van der Waals surface area contributed by atoms with Gasteiger partial charge in [0.1, 0.15) is 5.69 Å². The minimum absolute atomic E-state index is 0.0822. The Morgan fingerprint density at radius 1 is 1.60 bits per heavy atom. The van der Waals surface area contributed by atoms with Crippen molar-refractivity contribution in [1.29, 1.82) is 0 Å². The highest BCUT2D eigenvalue weighted by Gasteiger charge is 2.33. The second-order valence-corrected chi connectivity index (χ2v) is 5.93. The first-order valence-corrected chi connectivity index (χ1v) is 7.27. The summed E-state index contributed by atoms with van der Waals surface area (Å²) in [4.78, 5) is 10.7. The first-order valence-electron chi connectivity index (χ1n) is 6.48. The van der Waals surface area contributed by atoms with Crippen molar-refractivity contribution >= 4 is 27.3 Å². The molecule has 0 aromatic heterocycles. The Labute approximate surface area is 126 Å². The number of hydrogen-bond donors (Lipinski definition) is 2. The third-order valence-electron chi connectivity index (χ3n) is 3.53. The van der Waals surface area contributed by atoms with E-state index in [1.54, 1.807) is 19.2 Å². The van der Waals surface area contributed by atoms with Crippen molar-refractivity contribution in [3.63, 3.8) is 0 Å². The Hall–Kier alpha value is -1.18. The van der Waals surface area contributed by atoms with Gasteiger partial charge in [-0.1, -0.05) is 15.9 Å². The van der Waals surface area contributed by atoms with Crippen molar-refractivity contribution in [2.75, 3.05) is 32.1 Å². The molecule has 1 aliphatic rings. The Balaban J connectivity index is 2.13. The summed E-state index contributed by atoms with van der Waals surface area (Å²) in [6.45, 7) is 2.13. The molecule has 1 aliphatic heterocycles. The minimum atomic E-state index is -0.375. The van der Waals surface area contributed by atoms with Crippen molar-refractivity contribution in [2.24, 2.45) is 0 Å². The van der Waals surface area contributed by atoms with Gasteiger partial charge in [-0.05, 0) is 31.5 Å².